The number of aliphatic hydroxyl groups excluding tert-OH is 2. The zero-order chi connectivity index (χ0) is 30.0. The molecule has 1 fully saturated rings. The van der Waals surface area contributed by atoms with Gasteiger partial charge in [0.1, 0.15) is 23.2 Å². The number of hydrogen-bond donors (Lipinski definition) is 5. The summed E-state index contributed by atoms with van der Waals surface area (Å²) in [7, 11) is 5.18. The maximum absolute atomic E-state index is 14.0. The van der Waals surface area contributed by atoms with Crippen molar-refractivity contribution in [1.29, 1.82) is 0 Å². The van der Waals surface area contributed by atoms with Crippen LogP contribution in [0, 0.1) is 17.8 Å². The van der Waals surface area contributed by atoms with Crippen molar-refractivity contribution in [3.05, 3.63) is 65.1 Å². The molecule has 0 spiro atoms. The maximum Gasteiger partial charge on any atom is 0.230 e. The molecule has 0 radical (unpaired) electrons. The highest BCUT2D eigenvalue weighted by molar-refractivity contribution is 6.16. The van der Waals surface area contributed by atoms with Gasteiger partial charge in [-0.15, -0.1) is 6.58 Å². The minimum atomic E-state index is -2.62. The van der Waals surface area contributed by atoms with Crippen molar-refractivity contribution in [1.82, 2.24) is 9.80 Å². The lowest BCUT2D eigenvalue weighted by Gasteiger charge is -2.53. The van der Waals surface area contributed by atoms with Crippen LogP contribution in [-0.2, 0) is 22.6 Å². The summed E-state index contributed by atoms with van der Waals surface area (Å²) in [5.41, 5.74) is 4.56. The number of ketones is 2. The molecule has 1 aromatic heterocycles. The van der Waals surface area contributed by atoms with Gasteiger partial charge in [0.25, 0.3) is 0 Å². The van der Waals surface area contributed by atoms with Gasteiger partial charge < -0.3 is 35.5 Å². The number of aromatic hydroxyl groups is 1. The number of phenolic OH excluding ortho intramolecular Hbond substituents is 1. The minimum absolute atomic E-state index is 0.0420. The molecular formula is C30H35N3O8. The topological polar surface area (TPSA) is 178 Å². The lowest BCUT2D eigenvalue weighted by Crippen LogP contribution is -2.71. The molecular weight excluding hydrogens is 530 g/mol. The summed E-state index contributed by atoms with van der Waals surface area (Å²) >= 11 is 0. The molecule has 1 aromatic carbocycles. The average Bonchev–Trinajstić information content (AvgIpc) is 3.33. The zero-order valence-electron chi connectivity index (χ0n) is 23.2. The van der Waals surface area contributed by atoms with Crippen LogP contribution in [0.3, 0.4) is 0 Å². The number of furan rings is 1. The first-order chi connectivity index (χ1) is 19.3. The number of aliphatic hydroxyl groups is 3. The molecule has 41 heavy (non-hydrogen) atoms. The van der Waals surface area contributed by atoms with Gasteiger partial charge in [0.05, 0.1) is 17.9 Å². The second-order valence-corrected chi connectivity index (χ2v) is 11.5. The molecule has 5 rings (SSSR count). The molecule has 0 aliphatic heterocycles. The van der Waals surface area contributed by atoms with Crippen LogP contribution in [0.4, 0.5) is 0 Å². The Labute approximate surface area is 237 Å². The van der Waals surface area contributed by atoms with Crippen molar-refractivity contribution >= 4 is 17.5 Å². The van der Waals surface area contributed by atoms with Gasteiger partial charge in [0, 0.05) is 41.7 Å². The molecule has 0 saturated heterocycles. The van der Waals surface area contributed by atoms with Crippen LogP contribution in [0.2, 0.25) is 0 Å². The highest BCUT2D eigenvalue weighted by atomic mass is 16.4. The quantitative estimate of drug-likeness (QED) is 0.242. The summed E-state index contributed by atoms with van der Waals surface area (Å²) in [5.74, 6) is -7.15. The number of benzene rings is 1. The van der Waals surface area contributed by atoms with E-state index < -0.39 is 58.7 Å². The summed E-state index contributed by atoms with van der Waals surface area (Å²) in [5, 5.41) is 45.1. The van der Waals surface area contributed by atoms with Gasteiger partial charge in [0.2, 0.25) is 5.91 Å². The standard InChI is InChI=1S/C30H35N3O8/c1-5-9-33(4)13-14-8-10-41-26(14)16-6-7-19(34)21-17(16)11-15-12-18-23(32(2)3)25(36)22(29(31)39)28(38)30(18,40)27(37)20(15)24(21)35/h5-8,10,15,18,22-23,25,34,36-37,40H,1,9,11-13H2,2-4H3,(H2,31,39)/t15-,18-,22?,23-,25?,30-/m0/s1. The Morgan fingerprint density at radius 3 is 2.56 bits per heavy atom. The Balaban J connectivity index is 1.66. The number of phenols is 1. The number of carbonyl (C=O) groups excluding carboxylic acids is 3. The van der Waals surface area contributed by atoms with Gasteiger partial charge in [0.15, 0.2) is 17.2 Å². The Morgan fingerprint density at radius 2 is 1.93 bits per heavy atom. The van der Waals surface area contributed by atoms with Crippen LogP contribution >= 0.6 is 0 Å². The van der Waals surface area contributed by atoms with Crippen LogP contribution in [0.5, 0.6) is 5.75 Å². The third kappa shape index (κ3) is 4.23. The number of carbonyl (C=O) groups is 3. The number of rotatable bonds is 7. The molecule has 6 N–H and O–H groups in total. The number of nitrogens with zero attached hydrogens (tertiary/aromatic N) is 2. The van der Waals surface area contributed by atoms with E-state index in [0.29, 0.717) is 30.0 Å². The van der Waals surface area contributed by atoms with E-state index in [1.165, 1.54) is 6.07 Å². The Bertz CT molecular complexity index is 1480. The molecule has 3 aliphatic rings. The van der Waals surface area contributed by atoms with Crippen molar-refractivity contribution in [3.63, 3.8) is 0 Å². The van der Waals surface area contributed by atoms with Crippen LogP contribution in [0.1, 0.15) is 27.9 Å². The molecule has 11 heteroatoms. The van der Waals surface area contributed by atoms with Crippen LogP contribution in [0.25, 0.3) is 11.3 Å². The summed E-state index contributed by atoms with van der Waals surface area (Å²) in [6, 6.07) is 3.95. The first kappa shape index (κ1) is 28.7. The van der Waals surface area contributed by atoms with Crippen molar-refractivity contribution in [3.8, 4) is 17.1 Å². The van der Waals surface area contributed by atoms with Crippen molar-refractivity contribution in [2.45, 2.75) is 37.1 Å². The van der Waals surface area contributed by atoms with Crippen molar-refractivity contribution < 1.29 is 39.2 Å². The number of allylic oxidation sites excluding steroid dienone is 1. The molecule has 1 saturated carbocycles. The third-order valence-corrected chi connectivity index (χ3v) is 8.85. The first-order valence-electron chi connectivity index (χ1n) is 13.4. The zero-order valence-corrected chi connectivity index (χ0v) is 23.2. The Hall–Kier alpha value is -3.77. The number of amides is 1. The fourth-order valence-corrected chi connectivity index (χ4v) is 7.09. The van der Waals surface area contributed by atoms with E-state index in [9.17, 15) is 34.8 Å². The van der Waals surface area contributed by atoms with E-state index >= 15 is 0 Å². The summed E-state index contributed by atoms with van der Waals surface area (Å²) in [4.78, 5) is 43.3. The normalized spacial score (nSPS) is 29.4. The van der Waals surface area contributed by atoms with E-state index in [1.807, 2.05) is 18.0 Å². The highest BCUT2D eigenvalue weighted by Crippen LogP contribution is 2.53. The van der Waals surface area contributed by atoms with E-state index in [2.05, 4.69) is 6.58 Å². The maximum atomic E-state index is 14.0. The number of primary amides is 1. The first-order valence-corrected chi connectivity index (χ1v) is 13.4. The Morgan fingerprint density at radius 1 is 1.22 bits per heavy atom. The molecule has 1 heterocycles. The fourth-order valence-electron chi connectivity index (χ4n) is 7.09. The molecule has 6 atom stereocenters. The summed E-state index contributed by atoms with van der Waals surface area (Å²) in [6.45, 7) is 4.95. The monoisotopic (exact) mass is 565 g/mol. The fraction of sp³-hybridized carbons (Fsp3) is 0.433. The van der Waals surface area contributed by atoms with Gasteiger partial charge >= 0.3 is 0 Å². The largest absolute Gasteiger partial charge is 0.508 e. The Kier molecular flexibility index (Phi) is 7.19. The van der Waals surface area contributed by atoms with Crippen LogP contribution in [0.15, 0.2) is 52.9 Å². The van der Waals surface area contributed by atoms with Crippen molar-refractivity contribution in [2.75, 3.05) is 27.7 Å². The van der Waals surface area contributed by atoms with Crippen molar-refractivity contribution in [2.24, 2.45) is 23.5 Å². The average molecular weight is 566 g/mol. The highest BCUT2D eigenvalue weighted by Gasteiger charge is 2.66. The second-order valence-electron chi connectivity index (χ2n) is 11.5. The lowest BCUT2D eigenvalue weighted by atomic mass is 9.56. The van der Waals surface area contributed by atoms with Crippen LogP contribution < -0.4 is 5.73 Å². The van der Waals surface area contributed by atoms with E-state index in [1.54, 1.807) is 37.4 Å². The summed E-state index contributed by atoms with van der Waals surface area (Å²) < 4.78 is 5.87. The van der Waals surface area contributed by atoms with E-state index in [0.717, 1.165) is 5.56 Å². The SMILES string of the molecule is C=CCN(C)Cc1ccoc1-c1ccc(O)c2c1C[C@H]1C[C@H]3[C@H](N(C)C)C(O)C(C(N)=O)C(=O)[C@@]3(O)C(O)=C1C2=O. The number of fused-ring (bicyclic) bond motifs is 3. The third-order valence-electron chi connectivity index (χ3n) is 8.85. The van der Waals surface area contributed by atoms with Crippen LogP contribution in [-0.4, -0.2) is 93.1 Å². The molecule has 2 aromatic rings. The summed E-state index contributed by atoms with van der Waals surface area (Å²) in [6.07, 6.45) is 2.04. The van der Waals surface area contributed by atoms with Gasteiger partial charge in [-0.3, -0.25) is 19.3 Å². The number of hydrogen-bond acceptors (Lipinski definition) is 10. The molecule has 2 unspecified atom stereocenters. The number of Topliss-reactive ketones (excluding diaryl/α,β-unsaturated/α-hetero) is 2. The molecule has 1 amide bonds. The molecule has 3 aliphatic carbocycles. The second kappa shape index (κ2) is 10.3. The van der Waals surface area contributed by atoms with Gasteiger partial charge in [-0.25, -0.2) is 0 Å². The molecule has 11 nitrogen and oxygen atoms in total. The lowest BCUT2D eigenvalue weighted by molar-refractivity contribution is -0.178. The van der Waals surface area contributed by atoms with E-state index in [4.69, 9.17) is 10.2 Å². The predicted octanol–water partition coefficient (Wildman–Crippen LogP) is 1.16. The minimum Gasteiger partial charge on any atom is -0.508 e. The van der Waals surface area contributed by atoms with Gasteiger partial charge in [-0.1, -0.05) is 6.08 Å². The van der Waals surface area contributed by atoms with Gasteiger partial charge in [-0.2, -0.15) is 0 Å². The number of likely N-dealkylation sites (N-methyl/N-ethyl adjacent to an activating group) is 2. The molecule has 218 valence electrons. The molecule has 0 bridgehead atoms. The predicted molar refractivity (Wildman–Crippen MR) is 148 cm³/mol. The van der Waals surface area contributed by atoms with E-state index in [-0.39, 0.29) is 29.7 Å². The number of nitrogens with two attached hydrogens (primary N) is 1. The smallest absolute Gasteiger partial charge is 0.230 e. The van der Waals surface area contributed by atoms with Gasteiger partial charge in [-0.05, 0) is 63.7 Å².